The lowest BCUT2D eigenvalue weighted by Crippen LogP contribution is -2.20. The van der Waals surface area contributed by atoms with E-state index in [1.165, 1.54) is 0 Å². The van der Waals surface area contributed by atoms with Crippen LogP contribution in [-0.4, -0.2) is 36.9 Å². The van der Waals surface area contributed by atoms with Gasteiger partial charge in [0, 0.05) is 30.0 Å². The summed E-state index contributed by atoms with van der Waals surface area (Å²) in [5.74, 6) is 0.906. The first kappa shape index (κ1) is 22.0. The number of methoxy groups -OCH3 is 2. The van der Waals surface area contributed by atoms with Crippen LogP contribution in [0.3, 0.4) is 0 Å². The van der Waals surface area contributed by atoms with Crippen molar-refractivity contribution in [3.05, 3.63) is 75.2 Å². The Balaban J connectivity index is 1.83. The van der Waals surface area contributed by atoms with Crippen LogP contribution in [0.15, 0.2) is 47.3 Å². The molecule has 1 amide bonds. The molecule has 164 valence electrons. The molecule has 0 spiro atoms. The van der Waals surface area contributed by atoms with Gasteiger partial charge in [-0.25, -0.2) is 0 Å². The number of rotatable bonds is 10. The number of aromatic amines is 2. The zero-order valence-corrected chi connectivity index (χ0v) is 17.9. The third-order valence-corrected chi connectivity index (χ3v) is 5.16. The third kappa shape index (κ3) is 5.28. The van der Waals surface area contributed by atoms with Gasteiger partial charge in [0.2, 0.25) is 5.91 Å². The van der Waals surface area contributed by atoms with Crippen molar-refractivity contribution >= 4 is 5.91 Å². The minimum Gasteiger partial charge on any atom is -0.497 e. The number of carbonyl (C=O) groups is 1. The molecule has 0 aliphatic carbocycles. The predicted molar refractivity (Wildman–Crippen MR) is 117 cm³/mol. The van der Waals surface area contributed by atoms with Gasteiger partial charge in [0.05, 0.1) is 20.8 Å². The maximum absolute atomic E-state index is 12.3. The summed E-state index contributed by atoms with van der Waals surface area (Å²) >= 11 is 0. The van der Waals surface area contributed by atoms with Crippen LogP contribution in [0.1, 0.15) is 34.7 Å². The van der Waals surface area contributed by atoms with Crippen LogP contribution in [0, 0.1) is 6.92 Å². The topological polar surface area (TPSA) is 119 Å². The summed E-state index contributed by atoms with van der Waals surface area (Å²) in [5.41, 5.74) is 8.19. The van der Waals surface area contributed by atoms with Gasteiger partial charge in [0.25, 0.3) is 5.56 Å². The van der Waals surface area contributed by atoms with Crippen molar-refractivity contribution in [2.75, 3.05) is 20.8 Å². The molecule has 1 heterocycles. The second-order valence-corrected chi connectivity index (χ2v) is 7.20. The van der Waals surface area contributed by atoms with E-state index in [2.05, 4.69) is 10.2 Å². The molecular formula is C23H27N3O5. The summed E-state index contributed by atoms with van der Waals surface area (Å²) < 4.78 is 16.6. The maximum Gasteiger partial charge on any atom is 0.267 e. The van der Waals surface area contributed by atoms with E-state index in [0.717, 1.165) is 16.9 Å². The van der Waals surface area contributed by atoms with Gasteiger partial charge in [0.15, 0.2) is 11.5 Å². The lowest BCUT2D eigenvalue weighted by Gasteiger charge is -2.18. The highest BCUT2D eigenvalue weighted by atomic mass is 16.5. The van der Waals surface area contributed by atoms with Gasteiger partial charge < -0.3 is 25.0 Å². The molecule has 0 saturated heterocycles. The van der Waals surface area contributed by atoms with E-state index >= 15 is 0 Å². The first-order valence-corrected chi connectivity index (χ1v) is 9.92. The molecule has 3 aromatic rings. The number of aryl methyl sites for hydroxylation is 1. The van der Waals surface area contributed by atoms with Gasteiger partial charge in [-0.3, -0.25) is 14.7 Å². The Kier molecular flexibility index (Phi) is 7.02. The third-order valence-electron chi connectivity index (χ3n) is 5.16. The van der Waals surface area contributed by atoms with E-state index in [1.54, 1.807) is 33.3 Å². The number of carbonyl (C=O) groups excluding carboxylic acids is 1. The van der Waals surface area contributed by atoms with Crippen LogP contribution >= 0.6 is 0 Å². The van der Waals surface area contributed by atoms with Crippen LogP contribution < -0.4 is 25.5 Å². The van der Waals surface area contributed by atoms with E-state index in [9.17, 15) is 9.59 Å². The smallest absolute Gasteiger partial charge is 0.267 e. The van der Waals surface area contributed by atoms with E-state index in [0.29, 0.717) is 35.8 Å². The van der Waals surface area contributed by atoms with E-state index < -0.39 is 11.8 Å². The molecule has 0 fully saturated rings. The summed E-state index contributed by atoms with van der Waals surface area (Å²) in [6, 6.07) is 13.2. The number of primary amides is 1. The van der Waals surface area contributed by atoms with Crippen LogP contribution in [0.4, 0.5) is 0 Å². The average molecular weight is 425 g/mol. The zero-order valence-electron chi connectivity index (χ0n) is 17.9. The lowest BCUT2D eigenvalue weighted by atomic mass is 9.88. The molecule has 0 saturated carbocycles. The Morgan fingerprint density at radius 1 is 1.03 bits per heavy atom. The molecule has 0 aliphatic heterocycles. The molecule has 31 heavy (non-hydrogen) atoms. The van der Waals surface area contributed by atoms with Crippen LogP contribution in [-0.2, 0) is 11.2 Å². The average Bonchev–Trinajstić information content (AvgIpc) is 3.10. The number of nitrogens with one attached hydrogen (secondary N) is 2. The van der Waals surface area contributed by atoms with Crippen molar-refractivity contribution in [3.63, 3.8) is 0 Å². The molecule has 8 heteroatoms. The van der Waals surface area contributed by atoms with Crippen molar-refractivity contribution in [2.45, 2.75) is 25.7 Å². The van der Waals surface area contributed by atoms with Crippen molar-refractivity contribution < 1.29 is 19.0 Å². The molecule has 1 aromatic heterocycles. The summed E-state index contributed by atoms with van der Waals surface area (Å²) in [7, 11) is 3.19. The lowest BCUT2D eigenvalue weighted by molar-refractivity contribution is -0.118. The normalized spacial score (nSPS) is 11.7. The molecule has 8 nitrogen and oxygen atoms in total. The van der Waals surface area contributed by atoms with Gasteiger partial charge >= 0.3 is 0 Å². The number of nitrogens with two attached hydrogens (primary N) is 1. The molecular weight excluding hydrogens is 398 g/mol. The fourth-order valence-corrected chi connectivity index (χ4v) is 3.56. The summed E-state index contributed by atoms with van der Waals surface area (Å²) in [6.07, 6.45) is 0.693. The van der Waals surface area contributed by atoms with E-state index in [4.69, 9.17) is 19.9 Å². The monoisotopic (exact) mass is 425 g/mol. The zero-order chi connectivity index (χ0) is 22.4. The molecule has 0 unspecified atom stereocenters. The van der Waals surface area contributed by atoms with E-state index in [-0.39, 0.29) is 12.0 Å². The maximum atomic E-state index is 12.3. The molecule has 2 aromatic carbocycles. The molecule has 1 atom stereocenters. The number of amides is 1. The van der Waals surface area contributed by atoms with Crippen LogP contribution in [0.2, 0.25) is 0 Å². The highest BCUT2D eigenvalue weighted by molar-refractivity contribution is 5.75. The highest BCUT2D eigenvalue weighted by Crippen LogP contribution is 2.35. The molecule has 3 rings (SSSR count). The SMILES string of the molecule is COc1ccc(CCOc2cc([C@@H](CC(N)=O)c3c(C)[nH][nH]c3=O)ccc2OC)cc1. The van der Waals surface area contributed by atoms with Gasteiger partial charge in [-0.05, 0) is 42.3 Å². The number of hydrogen-bond acceptors (Lipinski definition) is 5. The van der Waals surface area contributed by atoms with Crippen molar-refractivity contribution in [2.24, 2.45) is 5.73 Å². The summed E-state index contributed by atoms with van der Waals surface area (Å²) in [5, 5.41) is 5.36. The number of H-pyrrole nitrogens is 2. The highest BCUT2D eigenvalue weighted by Gasteiger charge is 2.24. The van der Waals surface area contributed by atoms with Crippen LogP contribution in [0.25, 0.3) is 0 Å². The Hall–Kier alpha value is -3.68. The predicted octanol–water partition coefficient (Wildman–Crippen LogP) is 2.66. The van der Waals surface area contributed by atoms with Crippen molar-refractivity contribution in [3.8, 4) is 17.2 Å². The quantitative estimate of drug-likeness (QED) is 0.461. The fourth-order valence-electron chi connectivity index (χ4n) is 3.56. The van der Waals surface area contributed by atoms with E-state index in [1.807, 2.05) is 30.3 Å². The molecule has 4 N–H and O–H groups in total. The standard InChI is InChI=1S/C23H27N3O5/c1-14-22(23(28)26-25-14)18(13-21(24)27)16-6-9-19(30-3)20(12-16)31-11-10-15-4-7-17(29-2)8-5-15/h4-9,12,18H,10-11,13H2,1-3H3,(H2,24,27)(H2,25,26,28)/t18-/m1/s1. The molecule has 0 radical (unpaired) electrons. The van der Waals surface area contributed by atoms with Gasteiger partial charge in [-0.2, -0.15) is 0 Å². The fraction of sp³-hybridized carbons (Fsp3) is 0.304. The minimum absolute atomic E-state index is 0.000605. The summed E-state index contributed by atoms with van der Waals surface area (Å²) in [6.45, 7) is 2.20. The van der Waals surface area contributed by atoms with Gasteiger partial charge in [-0.1, -0.05) is 18.2 Å². The van der Waals surface area contributed by atoms with Crippen molar-refractivity contribution in [1.82, 2.24) is 10.2 Å². The number of ether oxygens (including phenoxy) is 3. The van der Waals surface area contributed by atoms with Gasteiger partial charge in [-0.15, -0.1) is 0 Å². The first-order valence-electron chi connectivity index (χ1n) is 9.92. The second kappa shape index (κ2) is 9.88. The largest absolute Gasteiger partial charge is 0.497 e. The second-order valence-electron chi connectivity index (χ2n) is 7.20. The van der Waals surface area contributed by atoms with Crippen LogP contribution in [0.5, 0.6) is 17.2 Å². The Morgan fingerprint density at radius 2 is 1.77 bits per heavy atom. The molecule has 0 aliphatic rings. The minimum atomic E-state index is -0.498. The molecule has 0 bridgehead atoms. The Labute approximate surface area is 180 Å². The summed E-state index contributed by atoms with van der Waals surface area (Å²) in [4.78, 5) is 24.0. The number of benzene rings is 2. The first-order chi connectivity index (χ1) is 14.9. The number of hydrogen-bond donors (Lipinski definition) is 3. The number of aromatic nitrogens is 2. The van der Waals surface area contributed by atoms with Crippen molar-refractivity contribution in [1.29, 1.82) is 0 Å². The van der Waals surface area contributed by atoms with Gasteiger partial charge in [0.1, 0.15) is 5.75 Å². The Bertz CT molecular complexity index is 1090. The Morgan fingerprint density at radius 3 is 2.35 bits per heavy atom.